The maximum absolute atomic E-state index is 9.40. The standard InChI is InChI=1S/C12H24O2/c1-4-11(13)8-14-12-6-9(2)5-10(3)7-12/h9-13H,4-8H2,1-3H3. The van der Waals surface area contributed by atoms with Crippen LogP contribution in [0.4, 0.5) is 0 Å². The van der Waals surface area contributed by atoms with Crippen LogP contribution in [0.15, 0.2) is 0 Å². The second kappa shape index (κ2) is 5.72. The van der Waals surface area contributed by atoms with Gasteiger partial charge in [-0.2, -0.15) is 0 Å². The number of ether oxygens (including phenoxy) is 1. The topological polar surface area (TPSA) is 29.5 Å². The molecule has 0 radical (unpaired) electrons. The van der Waals surface area contributed by atoms with E-state index in [1.54, 1.807) is 0 Å². The summed E-state index contributed by atoms with van der Waals surface area (Å²) in [6.45, 7) is 7.09. The van der Waals surface area contributed by atoms with Gasteiger partial charge in [0.1, 0.15) is 0 Å². The molecule has 0 aromatic heterocycles. The summed E-state index contributed by atoms with van der Waals surface area (Å²) < 4.78 is 5.73. The SMILES string of the molecule is CCC(O)COC1CC(C)CC(C)C1. The van der Waals surface area contributed by atoms with Gasteiger partial charge >= 0.3 is 0 Å². The highest BCUT2D eigenvalue weighted by Gasteiger charge is 2.24. The summed E-state index contributed by atoms with van der Waals surface area (Å²) in [5, 5.41) is 9.40. The van der Waals surface area contributed by atoms with E-state index in [0.29, 0.717) is 12.7 Å². The summed E-state index contributed by atoms with van der Waals surface area (Å²) in [7, 11) is 0. The molecule has 14 heavy (non-hydrogen) atoms. The van der Waals surface area contributed by atoms with Gasteiger partial charge in [0.05, 0.1) is 18.8 Å². The average Bonchev–Trinajstić information content (AvgIpc) is 2.12. The van der Waals surface area contributed by atoms with E-state index in [2.05, 4.69) is 13.8 Å². The minimum atomic E-state index is -0.275. The first kappa shape index (κ1) is 12.0. The van der Waals surface area contributed by atoms with Crippen molar-refractivity contribution in [3.63, 3.8) is 0 Å². The van der Waals surface area contributed by atoms with Crippen molar-refractivity contribution in [3.05, 3.63) is 0 Å². The van der Waals surface area contributed by atoms with Crippen LogP contribution in [0.25, 0.3) is 0 Å². The summed E-state index contributed by atoms with van der Waals surface area (Å²) in [5.74, 6) is 1.56. The van der Waals surface area contributed by atoms with Gasteiger partial charge in [0, 0.05) is 0 Å². The normalized spacial score (nSPS) is 35.6. The lowest BCUT2D eigenvalue weighted by molar-refractivity contribution is -0.0409. The molecular weight excluding hydrogens is 176 g/mol. The minimum absolute atomic E-state index is 0.275. The molecule has 0 amide bonds. The predicted octanol–water partition coefficient (Wildman–Crippen LogP) is 2.60. The van der Waals surface area contributed by atoms with E-state index in [1.165, 1.54) is 19.3 Å². The van der Waals surface area contributed by atoms with Crippen molar-refractivity contribution in [1.29, 1.82) is 0 Å². The van der Waals surface area contributed by atoms with E-state index in [4.69, 9.17) is 4.74 Å². The molecule has 0 aliphatic heterocycles. The fourth-order valence-electron chi connectivity index (χ4n) is 2.37. The van der Waals surface area contributed by atoms with Crippen LogP contribution in [0, 0.1) is 11.8 Å². The van der Waals surface area contributed by atoms with Crippen LogP contribution in [-0.4, -0.2) is 23.9 Å². The van der Waals surface area contributed by atoms with Crippen molar-refractivity contribution < 1.29 is 9.84 Å². The maximum atomic E-state index is 9.40. The fourth-order valence-corrected chi connectivity index (χ4v) is 2.37. The number of aliphatic hydroxyl groups is 1. The van der Waals surface area contributed by atoms with E-state index < -0.39 is 0 Å². The Morgan fingerprint density at radius 2 is 1.79 bits per heavy atom. The Kier molecular flexibility index (Phi) is 4.90. The number of rotatable bonds is 4. The van der Waals surface area contributed by atoms with Crippen molar-refractivity contribution in [2.75, 3.05) is 6.61 Å². The number of aliphatic hydroxyl groups excluding tert-OH is 1. The van der Waals surface area contributed by atoms with Gasteiger partial charge in [-0.25, -0.2) is 0 Å². The zero-order valence-corrected chi connectivity index (χ0v) is 9.70. The molecule has 0 spiro atoms. The monoisotopic (exact) mass is 200 g/mol. The third-order valence-electron chi connectivity index (χ3n) is 3.13. The Labute approximate surface area is 87.7 Å². The van der Waals surface area contributed by atoms with E-state index in [-0.39, 0.29) is 6.10 Å². The van der Waals surface area contributed by atoms with Crippen molar-refractivity contribution >= 4 is 0 Å². The van der Waals surface area contributed by atoms with Gasteiger partial charge in [-0.1, -0.05) is 20.8 Å². The van der Waals surface area contributed by atoms with Crippen LogP contribution in [0.2, 0.25) is 0 Å². The van der Waals surface area contributed by atoms with Gasteiger partial charge < -0.3 is 9.84 Å². The Balaban J connectivity index is 2.23. The Morgan fingerprint density at radius 3 is 2.29 bits per heavy atom. The van der Waals surface area contributed by atoms with Crippen molar-refractivity contribution in [2.24, 2.45) is 11.8 Å². The van der Waals surface area contributed by atoms with Crippen LogP contribution in [0.3, 0.4) is 0 Å². The lowest BCUT2D eigenvalue weighted by Gasteiger charge is -2.31. The Bertz CT molecular complexity index is 148. The maximum Gasteiger partial charge on any atom is 0.0771 e. The zero-order valence-electron chi connectivity index (χ0n) is 9.70. The predicted molar refractivity (Wildman–Crippen MR) is 58.2 cm³/mol. The van der Waals surface area contributed by atoms with Gasteiger partial charge in [0.25, 0.3) is 0 Å². The summed E-state index contributed by atoms with van der Waals surface area (Å²) >= 11 is 0. The Hall–Kier alpha value is -0.0800. The van der Waals surface area contributed by atoms with Gasteiger partial charge in [-0.3, -0.25) is 0 Å². The smallest absolute Gasteiger partial charge is 0.0771 e. The molecular formula is C12H24O2. The molecule has 0 heterocycles. The molecule has 1 fully saturated rings. The van der Waals surface area contributed by atoms with E-state index in [0.717, 1.165) is 18.3 Å². The van der Waals surface area contributed by atoms with Crippen LogP contribution in [0.5, 0.6) is 0 Å². The highest BCUT2D eigenvalue weighted by Crippen LogP contribution is 2.30. The van der Waals surface area contributed by atoms with Crippen LogP contribution >= 0.6 is 0 Å². The van der Waals surface area contributed by atoms with Crippen molar-refractivity contribution in [1.82, 2.24) is 0 Å². The highest BCUT2D eigenvalue weighted by atomic mass is 16.5. The lowest BCUT2D eigenvalue weighted by Crippen LogP contribution is -2.29. The van der Waals surface area contributed by atoms with Crippen LogP contribution in [0.1, 0.15) is 46.5 Å². The molecule has 1 saturated carbocycles. The van der Waals surface area contributed by atoms with Gasteiger partial charge in [-0.05, 0) is 37.5 Å². The summed E-state index contributed by atoms with van der Waals surface area (Å²) in [6.07, 6.45) is 4.56. The second-order valence-electron chi connectivity index (χ2n) is 4.93. The first-order chi connectivity index (χ1) is 6.61. The summed E-state index contributed by atoms with van der Waals surface area (Å²) in [5.41, 5.74) is 0. The molecule has 84 valence electrons. The molecule has 3 atom stereocenters. The largest absolute Gasteiger partial charge is 0.391 e. The van der Waals surface area contributed by atoms with Gasteiger partial charge in [0.15, 0.2) is 0 Å². The average molecular weight is 200 g/mol. The van der Waals surface area contributed by atoms with Gasteiger partial charge in [0.2, 0.25) is 0 Å². The molecule has 2 heteroatoms. The second-order valence-corrected chi connectivity index (χ2v) is 4.93. The lowest BCUT2D eigenvalue weighted by atomic mass is 9.82. The van der Waals surface area contributed by atoms with E-state index in [9.17, 15) is 5.11 Å². The fraction of sp³-hybridized carbons (Fsp3) is 1.00. The minimum Gasteiger partial charge on any atom is -0.391 e. The first-order valence-electron chi connectivity index (χ1n) is 5.91. The number of hydrogen-bond acceptors (Lipinski definition) is 2. The number of hydrogen-bond donors (Lipinski definition) is 1. The molecule has 2 nitrogen and oxygen atoms in total. The molecule has 1 N–H and O–H groups in total. The van der Waals surface area contributed by atoms with Crippen molar-refractivity contribution in [2.45, 2.75) is 58.7 Å². The molecule has 0 bridgehead atoms. The molecule has 0 saturated heterocycles. The molecule has 0 aromatic rings. The zero-order chi connectivity index (χ0) is 10.6. The Morgan fingerprint density at radius 1 is 1.21 bits per heavy atom. The third-order valence-corrected chi connectivity index (χ3v) is 3.13. The van der Waals surface area contributed by atoms with Crippen LogP contribution < -0.4 is 0 Å². The molecule has 0 aromatic carbocycles. The van der Waals surface area contributed by atoms with Gasteiger partial charge in [-0.15, -0.1) is 0 Å². The molecule has 1 rings (SSSR count). The van der Waals surface area contributed by atoms with Crippen molar-refractivity contribution in [3.8, 4) is 0 Å². The third kappa shape index (κ3) is 3.97. The van der Waals surface area contributed by atoms with Crippen LogP contribution in [-0.2, 0) is 4.74 Å². The van der Waals surface area contributed by atoms with E-state index >= 15 is 0 Å². The summed E-state index contributed by atoms with van der Waals surface area (Å²) in [4.78, 5) is 0. The highest BCUT2D eigenvalue weighted by molar-refractivity contribution is 4.75. The first-order valence-corrected chi connectivity index (χ1v) is 5.91. The quantitative estimate of drug-likeness (QED) is 0.756. The van der Waals surface area contributed by atoms with E-state index in [1.807, 2.05) is 6.92 Å². The summed E-state index contributed by atoms with van der Waals surface area (Å²) in [6, 6.07) is 0. The molecule has 1 aliphatic rings. The molecule has 1 aliphatic carbocycles. The molecule has 3 unspecified atom stereocenters.